The van der Waals surface area contributed by atoms with Crippen LogP contribution < -0.4 is 4.90 Å². The molecule has 0 unspecified atom stereocenters. The number of benzene rings is 1. The first-order valence-corrected chi connectivity index (χ1v) is 9.37. The third kappa shape index (κ3) is 3.52. The van der Waals surface area contributed by atoms with E-state index in [0.717, 1.165) is 0 Å². The van der Waals surface area contributed by atoms with Crippen LogP contribution in [-0.2, 0) is 11.8 Å². The van der Waals surface area contributed by atoms with Crippen LogP contribution in [0.25, 0.3) is 5.65 Å². The number of aryl methyl sites for hydroxylation is 1. The molecule has 0 radical (unpaired) electrons. The van der Waals surface area contributed by atoms with E-state index < -0.39 is 11.9 Å². The maximum atomic E-state index is 13.7. The second kappa shape index (κ2) is 7.78. The van der Waals surface area contributed by atoms with Gasteiger partial charge in [0.15, 0.2) is 5.65 Å². The number of pyridine rings is 1. The van der Waals surface area contributed by atoms with Crippen molar-refractivity contribution in [3.8, 4) is 0 Å². The first-order valence-electron chi connectivity index (χ1n) is 9.37. The molecular formula is C21H20N6O3. The van der Waals surface area contributed by atoms with Crippen LogP contribution in [0.15, 0.2) is 61.2 Å². The molecule has 0 saturated carbocycles. The van der Waals surface area contributed by atoms with Gasteiger partial charge in [0.05, 0.1) is 18.0 Å². The standard InChI is InChI=1S/C21H20N6O3/c1-14(2)30-21(29)17-12-23-25(3)19(17)20(28)27(15-7-5-4-6-8-15)16-9-10-26-18(11-16)22-13-24-26/h4-14H,1-3H3. The number of hydrogen-bond donors (Lipinski definition) is 0. The van der Waals surface area contributed by atoms with E-state index in [9.17, 15) is 9.59 Å². The summed E-state index contributed by atoms with van der Waals surface area (Å²) in [6.07, 6.45) is 4.19. The number of carbonyl (C=O) groups is 2. The zero-order valence-corrected chi connectivity index (χ0v) is 16.8. The molecule has 0 aliphatic carbocycles. The van der Waals surface area contributed by atoms with E-state index >= 15 is 0 Å². The van der Waals surface area contributed by atoms with Crippen LogP contribution in [0.1, 0.15) is 34.7 Å². The summed E-state index contributed by atoms with van der Waals surface area (Å²) in [4.78, 5) is 32.0. The lowest BCUT2D eigenvalue weighted by Crippen LogP contribution is -2.30. The van der Waals surface area contributed by atoms with Crippen molar-refractivity contribution in [2.75, 3.05) is 4.90 Å². The monoisotopic (exact) mass is 404 g/mol. The maximum absolute atomic E-state index is 13.7. The second-order valence-corrected chi connectivity index (χ2v) is 6.91. The van der Waals surface area contributed by atoms with Gasteiger partial charge in [-0.2, -0.15) is 10.2 Å². The van der Waals surface area contributed by atoms with E-state index in [1.54, 1.807) is 43.7 Å². The molecule has 4 rings (SSSR count). The topological polar surface area (TPSA) is 94.6 Å². The molecule has 3 heterocycles. The molecule has 152 valence electrons. The number of amides is 1. The highest BCUT2D eigenvalue weighted by Gasteiger charge is 2.29. The fraction of sp³-hybridized carbons (Fsp3) is 0.190. The summed E-state index contributed by atoms with van der Waals surface area (Å²) in [5.74, 6) is -1.01. The molecule has 1 aromatic carbocycles. The first-order chi connectivity index (χ1) is 14.5. The quantitative estimate of drug-likeness (QED) is 0.475. The Morgan fingerprint density at radius 3 is 2.57 bits per heavy atom. The minimum absolute atomic E-state index is 0.112. The molecular weight excluding hydrogens is 384 g/mol. The van der Waals surface area contributed by atoms with Gasteiger partial charge in [0.25, 0.3) is 5.91 Å². The van der Waals surface area contributed by atoms with Gasteiger partial charge in [0.1, 0.15) is 17.6 Å². The number of ether oxygens (including phenoxy) is 1. The fourth-order valence-electron chi connectivity index (χ4n) is 3.13. The van der Waals surface area contributed by atoms with Crippen molar-refractivity contribution < 1.29 is 14.3 Å². The van der Waals surface area contributed by atoms with E-state index in [0.29, 0.717) is 17.0 Å². The Bertz CT molecular complexity index is 1210. The molecule has 4 aromatic rings. The predicted octanol–water partition coefficient (Wildman–Crippen LogP) is 3.01. The summed E-state index contributed by atoms with van der Waals surface area (Å²) >= 11 is 0. The number of anilines is 2. The number of fused-ring (bicyclic) bond motifs is 1. The van der Waals surface area contributed by atoms with Crippen LogP contribution in [0.5, 0.6) is 0 Å². The lowest BCUT2D eigenvalue weighted by molar-refractivity contribution is 0.0375. The maximum Gasteiger partial charge on any atom is 0.342 e. The molecule has 9 heteroatoms. The van der Waals surface area contributed by atoms with E-state index in [2.05, 4.69) is 15.2 Å². The molecule has 0 aliphatic rings. The SMILES string of the molecule is CC(C)OC(=O)c1cnn(C)c1C(=O)N(c1ccccc1)c1ccn2ncnc2c1. The third-order valence-corrected chi connectivity index (χ3v) is 4.44. The lowest BCUT2D eigenvalue weighted by atomic mass is 10.1. The van der Waals surface area contributed by atoms with Gasteiger partial charge in [0.2, 0.25) is 0 Å². The summed E-state index contributed by atoms with van der Waals surface area (Å²) in [5, 5.41) is 8.21. The average molecular weight is 404 g/mol. The van der Waals surface area contributed by atoms with Crippen molar-refractivity contribution in [1.29, 1.82) is 0 Å². The Labute approximate surface area is 172 Å². The average Bonchev–Trinajstić information content (AvgIpc) is 3.34. The van der Waals surface area contributed by atoms with Crippen LogP contribution >= 0.6 is 0 Å². The molecule has 0 bridgehead atoms. The fourth-order valence-corrected chi connectivity index (χ4v) is 3.13. The minimum Gasteiger partial charge on any atom is -0.459 e. The molecule has 0 aliphatic heterocycles. The molecule has 0 spiro atoms. The van der Waals surface area contributed by atoms with Gasteiger partial charge >= 0.3 is 5.97 Å². The highest BCUT2D eigenvalue weighted by molar-refractivity contribution is 6.14. The van der Waals surface area contributed by atoms with Gasteiger partial charge < -0.3 is 4.74 Å². The smallest absolute Gasteiger partial charge is 0.342 e. The molecule has 30 heavy (non-hydrogen) atoms. The molecule has 0 fully saturated rings. The number of nitrogens with zero attached hydrogens (tertiary/aromatic N) is 6. The van der Waals surface area contributed by atoms with Crippen LogP contribution in [0, 0.1) is 0 Å². The Kier molecular flexibility index (Phi) is 5.01. The summed E-state index contributed by atoms with van der Waals surface area (Å²) in [5.41, 5.74) is 2.05. The van der Waals surface area contributed by atoms with Gasteiger partial charge in [0, 0.05) is 25.0 Å². The van der Waals surface area contributed by atoms with Crippen LogP contribution in [0.2, 0.25) is 0 Å². The molecule has 0 N–H and O–H groups in total. The summed E-state index contributed by atoms with van der Waals surface area (Å²) in [6.45, 7) is 3.50. The van der Waals surface area contributed by atoms with Crippen molar-refractivity contribution in [1.82, 2.24) is 24.4 Å². The van der Waals surface area contributed by atoms with E-state index in [4.69, 9.17) is 4.74 Å². The number of carbonyl (C=O) groups excluding carboxylic acids is 2. The largest absolute Gasteiger partial charge is 0.459 e. The molecule has 3 aromatic heterocycles. The summed E-state index contributed by atoms with van der Waals surface area (Å²) in [6, 6.07) is 12.7. The van der Waals surface area contributed by atoms with Crippen LogP contribution in [-0.4, -0.2) is 42.4 Å². The van der Waals surface area contributed by atoms with Crippen LogP contribution in [0.3, 0.4) is 0 Å². The van der Waals surface area contributed by atoms with Crippen molar-refractivity contribution in [3.63, 3.8) is 0 Å². The normalized spacial score (nSPS) is 11.1. The lowest BCUT2D eigenvalue weighted by Gasteiger charge is -2.23. The predicted molar refractivity (Wildman–Crippen MR) is 110 cm³/mol. The third-order valence-electron chi connectivity index (χ3n) is 4.44. The highest BCUT2D eigenvalue weighted by Crippen LogP contribution is 2.29. The molecule has 0 saturated heterocycles. The van der Waals surface area contributed by atoms with Crippen molar-refractivity contribution >= 4 is 28.9 Å². The van der Waals surface area contributed by atoms with Gasteiger partial charge in [-0.1, -0.05) is 18.2 Å². The zero-order chi connectivity index (χ0) is 21.3. The zero-order valence-electron chi connectivity index (χ0n) is 16.8. The van der Waals surface area contributed by atoms with E-state index in [1.165, 1.54) is 22.1 Å². The minimum atomic E-state index is -0.595. The van der Waals surface area contributed by atoms with Crippen molar-refractivity contribution in [2.24, 2.45) is 7.05 Å². The van der Waals surface area contributed by atoms with Gasteiger partial charge in [-0.3, -0.25) is 14.4 Å². The Morgan fingerprint density at radius 1 is 1.07 bits per heavy atom. The van der Waals surface area contributed by atoms with Gasteiger partial charge in [-0.05, 0) is 32.0 Å². The van der Waals surface area contributed by atoms with E-state index in [1.807, 2.05) is 30.3 Å². The Morgan fingerprint density at radius 2 is 1.83 bits per heavy atom. The van der Waals surface area contributed by atoms with Gasteiger partial charge in [-0.25, -0.2) is 14.3 Å². The second-order valence-electron chi connectivity index (χ2n) is 6.91. The number of esters is 1. The van der Waals surface area contributed by atoms with E-state index in [-0.39, 0.29) is 17.4 Å². The number of hydrogen-bond acceptors (Lipinski definition) is 6. The first kappa shape index (κ1) is 19.3. The number of aromatic nitrogens is 5. The van der Waals surface area contributed by atoms with Gasteiger partial charge in [-0.15, -0.1) is 0 Å². The molecule has 1 amide bonds. The highest BCUT2D eigenvalue weighted by atomic mass is 16.5. The van der Waals surface area contributed by atoms with Crippen molar-refractivity contribution in [3.05, 3.63) is 72.4 Å². The number of para-hydroxylation sites is 1. The molecule has 0 atom stereocenters. The molecule has 9 nitrogen and oxygen atoms in total. The Balaban J connectivity index is 1.83. The van der Waals surface area contributed by atoms with Crippen LogP contribution in [0.4, 0.5) is 11.4 Å². The number of rotatable bonds is 5. The summed E-state index contributed by atoms with van der Waals surface area (Å²) < 4.78 is 8.28. The Hall–Kier alpha value is -4.01. The summed E-state index contributed by atoms with van der Waals surface area (Å²) in [7, 11) is 1.62. The van der Waals surface area contributed by atoms with Crippen molar-refractivity contribution in [2.45, 2.75) is 20.0 Å².